The number of hydrogen-bond donors (Lipinski definition) is 0. The molecule has 0 atom stereocenters. The summed E-state index contributed by atoms with van der Waals surface area (Å²) in [5.41, 5.74) is 2.30. The normalized spacial score (nSPS) is 9.65. The Labute approximate surface area is 104 Å². The second-order valence-corrected chi connectivity index (χ2v) is 3.86. The van der Waals surface area contributed by atoms with Gasteiger partial charge in [-0.05, 0) is 17.7 Å². The number of benzene rings is 2. The first-order chi connectivity index (χ1) is 8.27. The summed E-state index contributed by atoms with van der Waals surface area (Å²) in [6.45, 7) is 0. The van der Waals surface area contributed by atoms with Crippen LogP contribution in [0.3, 0.4) is 0 Å². The number of carbonyl (C=O) groups is 1. The average Bonchev–Trinajstić information content (AvgIpc) is 2.39. The molecule has 82 valence electrons. The van der Waals surface area contributed by atoms with Crippen LogP contribution in [0.1, 0.15) is 15.9 Å². The highest BCUT2D eigenvalue weighted by atomic mass is 35.5. The van der Waals surface area contributed by atoms with Gasteiger partial charge in [0.25, 0.3) is 0 Å². The van der Waals surface area contributed by atoms with Crippen LogP contribution >= 0.6 is 11.6 Å². The van der Waals surface area contributed by atoms with E-state index in [1.807, 2.05) is 36.4 Å². The first-order valence-electron chi connectivity index (χ1n) is 5.01. The van der Waals surface area contributed by atoms with E-state index in [1.54, 1.807) is 12.1 Å². The van der Waals surface area contributed by atoms with Gasteiger partial charge in [-0.25, -0.2) is 0 Å². The second-order valence-electron chi connectivity index (χ2n) is 3.49. The van der Waals surface area contributed by atoms with Gasteiger partial charge in [0.15, 0.2) is 6.29 Å². The Morgan fingerprint density at radius 1 is 1.12 bits per heavy atom. The van der Waals surface area contributed by atoms with Crippen LogP contribution in [-0.4, -0.2) is 6.29 Å². The third-order valence-corrected chi connectivity index (χ3v) is 2.88. The summed E-state index contributed by atoms with van der Waals surface area (Å²) in [6.07, 6.45) is 0.745. The Bertz CT molecular complexity index is 600. The highest BCUT2D eigenvalue weighted by molar-refractivity contribution is 6.35. The molecule has 0 aliphatic rings. The van der Waals surface area contributed by atoms with Crippen molar-refractivity contribution in [3.05, 3.63) is 58.6 Å². The molecule has 0 amide bonds. The van der Waals surface area contributed by atoms with E-state index >= 15 is 0 Å². The number of carbonyl (C=O) groups excluding carboxylic acids is 1. The largest absolute Gasteiger partial charge is 0.298 e. The maximum absolute atomic E-state index is 11.0. The minimum atomic E-state index is 0.323. The van der Waals surface area contributed by atoms with Gasteiger partial charge in [0, 0.05) is 11.1 Å². The molecule has 0 saturated heterocycles. The van der Waals surface area contributed by atoms with Gasteiger partial charge in [0.1, 0.15) is 6.07 Å². The molecule has 2 aromatic rings. The van der Waals surface area contributed by atoms with Gasteiger partial charge in [-0.15, -0.1) is 0 Å². The summed E-state index contributed by atoms with van der Waals surface area (Å²) in [4.78, 5) is 11.0. The molecule has 0 radical (unpaired) electrons. The summed E-state index contributed by atoms with van der Waals surface area (Å²) in [5, 5.41) is 9.25. The van der Waals surface area contributed by atoms with Gasteiger partial charge in [0.2, 0.25) is 0 Å². The molecule has 0 heterocycles. The van der Waals surface area contributed by atoms with Crippen molar-refractivity contribution in [2.75, 3.05) is 0 Å². The zero-order valence-electron chi connectivity index (χ0n) is 8.85. The molecule has 2 rings (SSSR count). The van der Waals surface area contributed by atoms with E-state index < -0.39 is 0 Å². The van der Waals surface area contributed by atoms with Crippen molar-refractivity contribution in [1.82, 2.24) is 0 Å². The molecule has 0 unspecified atom stereocenters. The van der Waals surface area contributed by atoms with Crippen molar-refractivity contribution in [1.29, 1.82) is 5.26 Å². The van der Waals surface area contributed by atoms with Crippen molar-refractivity contribution < 1.29 is 4.79 Å². The lowest BCUT2D eigenvalue weighted by Crippen LogP contribution is -1.91. The lowest BCUT2D eigenvalue weighted by molar-refractivity contribution is 0.112. The third kappa shape index (κ3) is 2.06. The third-order valence-electron chi connectivity index (χ3n) is 2.48. The fourth-order valence-corrected chi connectivity index (χ4v) is 2.00. The molecule has 0 N–H and O–H groups in total. The monoisotopic (exact) mass is 241 g/mol. The van der Waals surface area contributed by atoms with Crippen molar-refractivity contribution in [3.8, 4) is 17.2 Å². The molecule has 0 fully saturated rings. The topological polar surface area (TPSA) is 40.9 Å². The zero-order chi connectivity index (χ0) is 12.3. The van der Waals surface area contributed by atoms with E-state index in [4.69, 9.17) is 16.9 Å². The van der Waals surface area contributed by atoms with Crippen molar-refractivity contribution in [3.63, 3.8) is 0 Å². The van der Waals surface area contributed by atoms with Gasteiger partial charge in [-0.3, -0.25) is 4.79 Å². The molecule has 2 nitrogen and oxygen atoms in total. The Morgan fingerprint density at radius 3 is 2.41 bits per heavy atom. The van der Waals surface area contributed by atoms with Gasteiger partial charge >= 0.3 is 0 Å². The summed E-state index contributed by atoms with van der Waals surface area (Å²) in [7, 11) is 0. The number of aldehydes is 1. The van der Waals surface area contributed by atoms with Crippen LogP contribution in [-0.2, 0) is 0 Å². The van der Waals surface area contributed by atoms with Gasteiger partial charge in [-0.1, -0.05) is 41.9 Å². The summed E-state index contributed by atoms with van der Waals surface area (Å²) in [6, 6.07) is 14.5. The Kier molecular flexibility index (Phi) is 3.22. The van der Waals surface area contributed by atoms with E-state index in [1.165, 1.54) is 0 Å². The second kappa shape index (κ2) is 4.82. The Morgan fingerprint density at radius 2 is 1.82 bits per heavy atom. The Balaban J connectivity index is 2.75. The van der Waals surface area contributed by atoms with Crippen LogP contribution in [0, 0.1) is 11.3 Å². The predicted octanol–water partition coefficient (Wildman–Crippen LogP) is 3.69. The highest BCUT2D eigenvalue weighted by Gasteiger charge is 2.12. The van der Waals surface area contributed by atoms with Crippen LogP contribution in [0.5, 0.6) is 0 Å². The molecule has 0 aliphatic heterocycles. The lowest BCUT2D eigenvalue weighted by atomic mass is 9.98. The number of nitrogens with zero attached hydrogens (tertiary/aromatic N) is 1. The van der Waals surface area contributed by atoms with E-state index in [0.717, 1.165) is 11.8 Å². The zero-order valence-corrected chi connectivity index (χ0v) is 9.61. The maximum Gasteiger partial charge on any atom is 0.150 e. The fraction of sp³-hybridized carbons (Fsp3) is 0. The smallest absolute Gasteiger partial charge is 0.150 e. The molecule has 17 heavy (non-hydrogen) atoms. The predicted molar refractivity (Wildman–Crippen MR) is 67.0 cm³/mol. The van der Waals surface area contributed by atoms with Gasteiger partial charge < -0.3 is 0 Å². The summed E-state index contributed by atoms with van der Waals surface area (Å²) < 4.78 is 0. The molecule has 2 aromatic carbocycles. The Hall–Kier alpha value is -2.11. The SMILES string of the molecule is N#Cc1ccc(C=O)c(-c2ccccc2)c1Cl. The van der Waals surface area contributed by atoms with E-state index in [0.29, 0.717) is 21.7 Å². The summed E-state index contributed by atoms with van der Waals surface area (Å²) >= 11 is 6.15. The van der Waals surface area contributed by atoms with Crippen molar-refractivity contribution in [2.45, 2.75) is 0 Å². The summed E-state index contributed by atoms with van der Waals surface area (Å²) in [5.74, 6) is 0. The lowest BCUT2D eigenvalue weighted by Gasteiger charge is -2.08. The molecule has 0 saturated carbocycles. The van der Waals surface area contributed by atoms with Crippen LogP contribution < -0.4 is 0 Å². The standard InChI is InChI=1S/C14H8ClNO/c15-14-11(8-16)6-7-12(9-17)13(14)10-4-2-1-3-5-10/h1-7,9H. The van der Waals surface area contributed by atoms with Crippen LogP contribution in [0.4, 0.5) is 0 Å². The van der Waals surface area contributed by atoms with E-state index in [-0.39, 0.29) is 0 Å². The number of nitriles is 1. The quantitative estimate of drug-likeness (QED) is 0.753. The van der Waals surface area contributed by atoms with Crippen LogP contribution in [0.25, 0.3) is 11.1 Å². The molecular formula is C14H8ClNO. The van der Waals surface area contributed by atoms with E-state index in [9.17, 15) is 4.79 Å². The van der Waals surface area contributed by atoms with E-state index in [2.05, 4.69) is 0 Å². The van der Waals surface area contributed by atoms with Gasteiger partial charge in [-0.2, -0.15) is 5.26 Å². The fourth-order valence-electron chi connectivity index (χ4n) is 1.67. The minimum absolute atomic E-state index is 0.323. The molecule has 3 heteroatoms. The molecule has 0 aliphatic carbocycles. The van der Waals surface area contributed by atoms with Crippen LogP contribution in [0.2, 0.25) is 5.02 Å². The number of hydrogen-bond acceptors (Lipinski definition) is 2. The van der Waals surface area contributed by atoms with Gasteiger partial charge in [0.05, 0.1) is 10.6 Å². The maximum atomic E-state index is 11.0. The van der Waals surface area contributed by atoms with Crippen molar-refractivity contribution >= 4 is 17.9 Å². The molecule has 0 aromatic heterocycles. The highest BCUT2D eigenvalue weighted by Crippen LogP contribution is 2.33. The minimum Gasteiger partial charge on any atom is -0.298 e. The number of halogens is 1. The van der Waals surface area contributed by atoms with Crippen molar-refractivity contribution in [2.24, 2.45) is 0 Å². The average molecular weight is 242 g/mol. The first-order valence-corrected chi connectivity index (χ1v) is 5.39. The number of rotatable bonds is 2. The molecule has 0 spiro atoms. The molecule has 0 bridgehead atoms. The first kappa shape index (κ1) is 11.4. The molecular weight excluding hydrogens is 234 g/mol. The van der Waals surface area contributed by atoms with Crippen LogP contribution in [0.15, 0.2) is 42.5 Å².